The van der Waals surface area contributed by atoms with Gasteiger partial charge in [0.15, 0.2) is 5.76 Å². The Bertz CT molecular complexity index is 906. The molecular weight excluding hydrogens is 358 g/mol. The number of anilines is 2. The zero-order chi connectivity index (χ0) is 19.7. The average molecular weight is 381 g/mol. The van der Waals surface area contributed by atoms with Crippen molar-refractivity contribution in [2.45, 2.75) is 38.6 Å². The Morgan fingerprint density at radius 1 is 1.18 bits per heavy atom. The number of carbonyl (C=O) groups excluding carboxylic acids is 3. The summed E-state index contributed by atoms with van der Waals surface area (Å²) < 4.78 is 5.19. The summed E-state index contributed by atoms with van der Waals surface area (Å²) >= 11 is 0. The van der Waals surface area contributed by atoms with Crippen molar-refractivity contribution in [2.24, 2.45) is 0 Å². The van der Waals surface area contributed by atoms with Gasteiger partial charge in [0.2, 0.25) is 11.8 Å². The van der Waals surface area contributed by atoms with Crippen LogP contribution in [-0.4, -0.2) is 41.8 Å². The molecule has 2 aliphatic heterocycles. The molecule has 1 unspecified atom stereocenters. The van der Waals surface area contributed by atoms with E-state index in [4.69, 9.17) is 4.42 Å². The molecule has 0 bridgehead atoms. The molecule has 0 spiro atoms. The molecule has 28 heavy (non-hydrogen) atoms. The highest BCUT2D eigenvalue weighted by Crippen LogP contribution is 2.28. The standard InChI is InChI=1S/C21H23N3O4/c1-14-13-15(8-9-16(14)23-10-3-7-19(23)25)22-20(26)17-5-2-11-24(17)21(27)18-6-4-12-28-18/h4,6,8-9,12-13,17H,2-3,5,7,10-11H2,1H3,(H,22,26). The van der Waals surface area contributed by atoms with Crippen molar-refractivity contribution >= 4 is 29.1 Å². The number of likely N-dealkylation sites (tertiary alicyclic amines) is 1. The van der Waals surface area contributed by atoms with Gasteiger partial charge >= 0.3 is 0 Å². The first-order chi connectivity index (χ1) is 13.5. The molecule has 2 fully saturated rings. The summed E-state index contributed by atoms with van der Waals surface area (Å²) in [5.41, 5.74) is 2.48. The van der Waals surface area contributed by atoms with Crippen LogP contribution >= 0.6 is 0 Å². The lowest BCUT2D eigenvalue weighted by Gasteiger charge is -2.23. The minimum atomic E-state index is -0.516. The van der Waals surface area contributed by atoms with E-state index in [1.165, 1.54) is 6.26 Å². The van der Waals surface area contributed by atoms with Gasteiger partial charge in [-0.15, -0.1) is 0 Å². The molecule has 0 saturated carbocycles. The molecule has 7 nitrogen and oxygen atoms in total. The maximum absolute atomic E-state index is 12.8. The molecule has 4 rings (SSSR count). The molecule has 0 aliphatic carbocycles. The van der Waals surface area contributed by atoms with E-state index in [1.54, 1.807) is 28.0 Å². The highest BCUT2D eigenvalue weighted by molar-refractivity contribution is 6.01. The van der Waals surface area contributed by atoms with Gasteiger partial charge in [0.1, 0.15) is 6.04 Å². The summed E-state index contributed by atoms with van der Waals surface area (Å²) in [6, 6.07) is 8.30. The van der Waals surface area contributed by atoms with Crippen LogP contribution < -0.4 is 10.2 Å². The first-order valence-corrected chi connectivity index (χ1v) is 9.61. The van der Waals surface area contributed by atoms with E-state index in [9.17, 15) is 14.4 Å². The van der Waals surface area contributed by atoms with Crippen LogP contribution in [0.4, 0.5) is 11.4 Å². The van der Waals surface area contributed by atoms with Crippen molar-refractivity contribution in [1.29, 1.82) is 0 Å². The smallest absolute Gasteiger partial charge is 0.290 e. The van der Waals surface area contributed by atoms with Gasteiger partial charge in [-0.3, -0.25) is 14.4 Å². The SMILES string of the molecule is Cc1cc(NC(=O)C2CCCN2C(=O)c2ccco2)ccc1N1CCCC1=O. The van der Waals surface area contributed by atoms with E-state index in [0.717, 1.165) is 30.6 Å². The quantitative estimate of drug-likeness (QED) is 0.883. The van der Waals surface area contributed by atoms with Crippen LogP contribution in [0.2, 0.25) is 0 Å². The largest absolute Gasteiger partial charge is 0.459 e. The second kappa shape index (κ2) is 7.50. The number of nitrogens with zero attached hydrogens (tertiary/aromatic N) is 2. The van der Waals surface area contributed by atoms with Gasteiger partial charge in [0.05, 0.1) is 6.26 Å². The van der Waals surface area contributed by atoms with Crippen molar-refractivity contribution < 1.29 is 18.8 Å². The zero-order valence-electron chi connectivity index (χ0n) is 15.8. The Balaban J connectivity index is 1.46. The van der Waals surface area contributed by atoms with Crippen molar-refractivity contribution in [3.05, 3.63) is 47.9 Å². The van der Waals surface area contributed by atoms with Crippen LogP contribution in [-0.2, 0) is 9.59 Å². The van der Waals surface area contributed by atoms with Crippen LogP contribution in [0.15, 0.2) is 41.0 Å². The van der Waals surface area contributed by atoms with E-state index >= 15 is 0 Å². The van der Waals surface area contributed by atoms with Gasteiger partial charge in [-0.25, -0.2) is 0 Å². The molecule has 1 aromatic carbocycles. The van der Waals surface area contributed by atoms with Crippen molar-refractivity contribution in [2.75, 3.05) is 23.3 Å². The molecule has 7 heteroatoms. The van der Waals surface area contributed by atoms with Gasteiger partial charge in [-0.1, -0.05) is 0 Å². The molecule has 2 aliphatic rings. The maximum Gasteiger partial charge on any atom is 0.290 e. The number of nitrogens with one attached hydrogen (secondary N) is 1. The maximum atomic E-state index is 12.8. The fourth-order valence-corrected chi connectivity index (χ4v) is 3.99. The summed E-state index contributed by atoms with van der Waals surface area (Å²) in [5, 5.41) is 2.92. The number of hydrogen-bond donors (Lipinski definition) is 1. The second-order valence-corrected chi connectivity index (χ2v) is 7.27. The van der Waals surface area contributed by atoms with Crippen LogP contribution in [0.25, 0.3) is 0 Å². The predicted molar refractivity (Wildman–Crippen MR) is 104 cm³/mol. The number of rotatable bonds is 4. The lowest BCUT2D eigenvalue weighted by atomic mass is 10.1. The monoisotopic (exact) mass is 381 g/mol. The second-order valence-electron chi connectivity index (χ2n) is 7.27. The first-order valence-electron chi connectivity index (χ1n) is 9.61. The van der Waals surface area contributed by atoms with E-state index < -0.39 is 6.04 Å². The molecule has 1 N–H and O–H groups in total. The number of benzene rings is 1. The number of hydrogen-bond acceptors (Lipinski definition) is 4. The lowest BCUT2D eigenvalue weighted by molar-refractivity contribution is -0.120. The summed E-state index contributed by atoms with van der Waals surface area (Å²) in [7, 11) is 0. The normalized spacial score (nSPS) is 19.3. The third-order valence-electron chi connectivity index (χ3n) is 5.38. The zero-order valence-corrected chi connectivity index (χ0v) is 15.8. The number of amides is 3. The molecule has 2 saturated heterocycles. The van der Waals surface area contributed by atoms with E-state index in [-0.39, 0.29) is 23.5 Å². The first kappa shape index (κ1) is 18.3. The van der Waals surface area contributed by atoms with Crippen LogP contribution in [0.5, 0.6) is 0 Å². The van der Waals surface area contributed by atoms with Crippen LogP contribution in [0.1, 0.15) is 41.8 Å². The summed E-state index contributed by atoms with van der Waals surface area (Å²) in [6.45, 7) is 3.20. The van der Waals surface area contributed by atoms with Crippen molar-refractivity contribution in [1.82, 2.24) is 4.90 Å². The molecule has 1 aromatic heterocycles. The Hall–Kier alpha value is -3.09. The highest BCUT2D eigenvalue weighted by atomic mass is 16.3. The Morgan fingerprint density at radius 3 is 2.71 bits per heavy atom. The fourth-order valence-electron chi connectivity index (χ4n) is 3.99. The molecule has 2 aromatic rings. The van der Waals surface area contributed by atoms with Gasteiger partial charge < -0.3 is 19.5 Å². The van der Waals surface area contributed by atoms with E-state index in [0.29, 0.717) is 25.1 Å². The van der Waals surface area contributed by atoms with Crippen molar-refractivity contribution in [3.63, 3.8) is 0 Å². The van der Waals surface area contributed by atoms with E-state index in [1.807, 2.05) is 19.1 Å². The lowest BCUT2D eigenvalue weighted by Crippen LogP contribution is -2.43. The fraction of sp³-hybridized carbons (Fsp3) is 0.381. The Morgan fingerprint density at radius 2 is 2.04 bits per heavy atom. The summed E-state index contributed by atoms with van der Waals surface area (Å²) in [6.07, 6.45) is 4.31. The molecular formula is C21H23N3O4. The molecule has 1 atom stereocenters. The average Bonchev–Trinajstić information content (AvgIpc) is 3.43. The molecule has 3 heterocycles. The van der Waals surface area contributed by atoms with Crippen LogP contribution in [0, 0.1) is 6.92 Å². The van der Waals surface area contributed by atoms with Gasteiger partial charge in [0.25, 0.3) is 5.91 Å². The summed E-state index contributed by atoms with van der Waals surface area (Å²) in [5.74, 6) is -0.0865. The van der Waals surface area contributed by atoms with Gasteiger partial charge in [0, 0.05) is 30.9 Å². The Kier molecular flexibility index (Phi) is 4.90. The Labute approximate surface area is 163 Å². The van der Waals surface area contributed by atoms with Gasteiger partial charge in [-0.2, -0.15) is 0 Å². The molecule has 146 valence electrons. The number of carbonyl (C=O) groups is 3. The predicted octanol–water partition coefficient (Wildman–Crippen LogP) is 2.96. The topological polar surface area (TPSA) is 82.9 Å². The summed E-state index contributed by atoms with van der Waals surface area (Å²) in [4.78, 5) is 40.7. The number of furan rings is 1. The van der Waals surface area contributed by atoms with Crippen molar-refractivity contribution in [3.8, 4) is 0 Å². The molecule has 3 amide bonds. The minimum absolute atomic E-state index is 0.137. The van der Waals surface area contributed by atoms with Gasteiger partial charge in [-0.05, 0) is 62.1 Å². The minimum Gasteiger partial charge on any atom is -0.459 e. The number of aryl methyl sites for hydroxylation is 1. The van der Waals surface area contributed by atoms with E-state index in [2.05, 4.69) is 5.32 Å². The molecule has 0 radical (unpaired) electrons. The third-order valence-corrected chi connectivity index (χ3v) is 5.38. The third kappa shape index (κ3) is 3.40. The van der Waals surface area contributed by atoms with Crippen LogP contribution in [0.3, 0.4) is 0 Å². The highest BCUT2D eigenvalue weighted by Gasteiger charge is 2.35.